The summed E-state index contributed by atoms with van der Waals surface area (Å²) in [5, 5.41) is 17.3. The smallest absolute Gasteiger partial charge is 0.329 e. The molecule has 1 unspecified atom stereocenters. The summed E-state index contributed by atoms with van der Waals surface area (Å²) in [6, 6.07) is 20.7. The van der Waals surface area contributed by atoms with Gasteiger partial charge in [0.15, 0.2) is 5.78 Å². The van der Waals surface area contributed by atoms with Crippen molar-refractivity contribution in [3.05, 3.63) is 83.9 Å². The van der Waals surface area contributed by atoms with Crippen molar-refractivity contribution in [3.8, 4) is 0 Å². The van der Waals surface area contributed by atoms with Gasteiger partial charge in [-0.25, -0.2) is 4.79 Å². The number of amides is 3. The number of likely N-dealkylation sites (tertiary alicyclic amines) is 1. The number of hydrogen-bond acceptors (Lipinski definition) is 10. The lowest BCUT2D eigenvalue weighted by Gasteiger charge is -2.37. The van der Waals surface area contributed by atoms with E-state index in [1.54, 1.807) is 21.1 Å². The first-order chi connectivity index (χ1) is 34.3. The molecule has 3 N–H and O–H groups in total. The van der Waals surface area contributed by atoms with Gasteiger partial charge in [0, 0.05) is 44.9 Å². The van der Waals surface area contributed by atoms with Crippen LogP contribution in [0.5, 0.6) is 0 Å². The van der Waals surface area contributed by atoms with Crippen LogP contribution in [0, 0.1) is 40.9 Å². The van der Waals surface area contributed by atoms with E-state index < -0.39 is 48.2 Å². The topological polar surface area (TPSA) is 181 Å². The minimum Gasteiger partial charge on any atom is -0.481 e. The molecular weight excluding hydrogens is 913 g/mol. The number of benzene rings is 3. The highest BCUT2D eigenvalue weighted by Crippen LogP contribution is 2.64. The van der Waals surface area contributed by atoms with Crippen LogP contribution >= 0.6 is 0 Å². The van der Waals surface area contributed by atoms with Crippen molar-refractivity contribution in [3.63, 3.8) is 0 Å². The van der Waals surface area contributed by atoms with Gasteiger partial charge >= 0.3 is 11.9 Å². The van der Waals surface area contributed by atoms with Crippen molar-refractivity contribution in [1.82, 2.24) is 20.4 Å². The Morgan fingerprint density at radius 2 is 1.53 bits per heavy atom. The Hall–Kier alpha value is -5.18. The summed E-state index contributed by atoms with van der Waals surface area (Å²) in [7, 11) is 5.04. The molecule has 3 aromatic carbocycles. The number of carboxylic acid groups (broad SMARTS) is 1. The first-order valence-corrected chi connectivity index (χ1v) is 26.4. The second-order valence-electron chi connectivity index (χ2n) is 21.5. The van der Waals surface area contributed by atoms with Crippen LogP contribution in [0.1, 0.15) is 118 Å². The molecule has 396 valence electrons. The fraction of sp³-hybridized carbons (Fsp3) is 0.621. The van der Waals surface area contributed by atoms with Crippen molar-refractivity contribution in [1.29, 1.82) is 0 Å². The molecule has 0 aromatic heterocycles. The number of Topliss-reactive ketones (excluding diaryl/α,β-unsaturated/α-hetero) is 1. The van der Waals surface area contributed by atoms with Crippen molar-refractivity contribution in [2.45, 2.75) is 156 Å². The molecule has 0 spiro atoms. The van der Waals surface area contributed by atoms with Gasteiger partial charge < -0.3 is 34.9 Å². The summed E-state index contributed by atoms with van der Waals surface area (Å²) in [4.78, 5) is 85.8. The first-order valence-electron chi connectivity index (χ1n) is 26.4. The molecule has 72 heavy (non-hydrogen) atoms. The summed E-state index contributed by atoms with van der Waals surface area (Å²) >= 11 is 0. The largest absolute Gasteiger partial charge is 0.481 e. The maximum absolute atomic E-state index is 14.6. The van der Waals surface area contributed by atoms with Gasteiger partial charge in [-0.3, -0.25) is 28.9 Å². The minimum absolute atomic E-state index is 0.0126. The number of carbonyl (C=O) groups excluding carboxylic acids is 5. The number of nitrogens with zero attached hydrogens (tertiary/aromatic N) is 2. The van der Waals surface area contributed by atoms with Gasteiger partial charge in [-0.05, 0) is 91.3 Å². The summed E-state index contributed by atoms with van der Waals surface area (Å²) in [5.74, 6) is -3.17. The summed E-state index contributed by atoms with van der Waals surface area (Å²) < 4.78 is 18.3. The number of carbonyl (C=O) groups is 6. The van der Waals surface area contributed by atoms with Crippen LogP contribution in [-0.4, -0.2) is 121 Å². The third-order valence-corrected chi connectivity index (χ3v) is 16.0. The molecule has 3 amide bonds. The predicted octanol–water partition coefficient (Wildman–Crippen LogP) is 8.27. The molecular formula is C58H84N4O10. The van der Waals surface area contributed by atoms with E-state index in [2.05, 4.69) is 24.5 Å². The molecule has 3 aromatic rings. The summed E-state index contributed by atoms with van der Waals surface area (Å²) in [5.41, 5.74) is 1.39. The monoisotopic (exact) mass is 997 g/mol. The average Bonchev–Trinajstić information content (AvgIpc) is 3.86. The van der Waals surface area contributed by atoms with Gasteiger partial charge in [0.2, 0.25) is 17.7 Å². The molecule has 2 fully saturated rings. The third-order valence-electron chi connectivity index (χ3n) is 16.0. The number of rotatable bonds is 29. The highest BCUT2D eigenvalue weighted by atomic mass is 16.5. The molecule has 14 heteroatoms. The summed E-state index contributed by atoms with van der Waals surface area (Å²) in [6.45, 7) is 16.8. The highest BCUT2D eigenvalue weighted by molar-refractivity contribution is 5.92. The number of methoxy groups -OCH3 is 2. The second kappa shape index (κ2) is 26.7. The zero-order valence-electron chi connectivity index (χ0n) is 44.9. The fourth-order valence-corrected chi connectivity index (χ4v) is 11.7. The maximum atomic E-state index is 14.6. The van der Waals surface area contributed by atoms with Gasteiger partial charge in [0.1, 0.15) is 12.6 Å². The number of ether oxygens (including phenoxy) is 3. The van der Waals surface area contributed by atoms with Crippen molar-refractivity contribution in [2.24, 2.45) is 40.9 Å². The number of nitrogens with one attached hydrogen (secondary N) is 2. The van der Waals surface area contributed by atoms with Crippen molar-refractivity contribution >= 4 is 46.2 Å². The van der Waals surface area contributed by atoms with Gasteiger partial charge in [-0.1, -0.05) is 135 Å². The van der Waals surface area contributed by atoms with Crippen LogP contribution in [0.4, 0.5) is 0 Å². The van der Waals surface area contributed by atoms with E-state index >= 15 is 0 Å². The molecule has 1 aliphatic carbocycles. The Bertz CT molecular complexity index is 2280. The van der Waals surface area contributed by atoms with E-state index in [4.69, 9.17) is 19.3 Å². The lowest BCUT2D eigenvalue weighted by atomic mass is 9.77. The molecule has 11 atom stereocenters. The maximum Gasteiger partial charge on any atom is 0.329 e. The van der Waals surface area contributed by atoms with Crippen LogP contribution in [-0.2, 0) is 56.0 Å². The first kappa shape index (κ1) is 57.7. The van der Waals surface area contributed by atoms with Gasteiger partial charge in [0.25, 0.3) is 0 Å². The van der Waals surface area contributed by atoms with Crippen molar-refractivity contribution in [2.75, 3.05) is 34.4 Å². The molecule has 5 rings (SSSR count). The molecule has 0 bridgehead atoms. The lowest BCUT2D eigenvalue weighted by molar-refractivity contribution is -0.150. The van der Waals surface area contributed by atoms with Crippen LogP contribution in [0.3, 0.4) is 0 Å². The van der Waals surface area contributed by atoms with Crippen molar-refractivity contribution < 1.29 is 48.1 Å². The average molecular weight is 997 g/mol. The summed E-state index contributed by atoms with van der Waals surface area (Å²) in [6.07, 6.45) is 3.35. The van der Waals surface area contributed by atoms with E-state index in [0.717, 1.165) is 41.2 Å². The number of hydrogen-bond donors (Lipinski definition) is 3. The van der Waals surface area contributed by atoms with Crippen LogP contribution < -0.4 is 10.6 Å². The van der Waals surface area contributed by atoms with E-state index in [-0.39, 0.29) is 90.4 Å². The van der Waals surface area contributed by atoms with E-state index in [0.29, 0.717) is 32.4 Å². The van der Waals surface area contributed by atoms with Gasteiger partial charge in [0.05, 0.1) is 42.7 Å². The van der Waals surface area contributed by atoms with Crippen LogP contribution in [0.2, 0.25) is 0 Å². The number of likely N-dealkylation sites (N-methyl/N-ethyl adjacent to an activating group) is 1. The number of ketones is 1. The quantitative estimate of drug-likeness (QED) is 0.0570. The van der Waals surface area contributed by atoms with E-state index in [1.165, 1.54) is 0 Å². The number of carboxylic acids is 1. The molecule has 1 aliphatic heterocycles. The normalized spacial score (nSPS) is 21.1. The Labute approximate surface area is 428 Å². The Balaban J connectivity index is 1.25. The second-order valence-corrected chi connectivity index (χ2v) is 21.5. The van der Waals surface area contributed by atoms with E-state index in [1.807, 2.05) is 124 Å². The molecule has 1 saturated carbocycles. The van der Waals surface area contributed by atoms with Crippen LogP contribution in [0.25, 0.3) is 10.8 Å². The molecule has 2 aliphatic rings. The molecule has 14 nitrogen and oxygen atoms in total. The van der Waals surface area contributed by atoms with Gasteiger partial charge in [-0.15, -0.1) is 0 Å². The highest BCUT2D eigenvalue weighted by Gasteiger charge is 2.62. The third kappa shape index (κ3) is 14.3. The molecule has 1 heterocycles. The molecule has 0 radical (unpaired) electrons. The number of aliphatic carboxylic acids is 1. The van der Waals surface area contributed by atoms with E-state index in [9.17, 15) is 28.8 Å². The minimum atomic E-state index is -0.970. The predicted molar refractivity (Wildman–Crippen MR) is 280 cm³/mol. The Kier molecular flexibility index (Phi) is 21.4. The zero-order valence-corrected chi connectivity index (χ0v) is 44.9. The van der Waals surface area contributed by atoms with Gasteiger partial charge in [-0.2, -0.15) is 0 Å². The fourth-order valence-electron chi connectivity index (χ4n) is 11.7. The van der Waals surface area contributed by atoms with Crippen LogP contribution in [0.15, 0.2) is 72.8 Å². The lowest BCUT2D eigenvalue weighted by Crippen LogP contribution is -2.55. The Morgan fingerprint density at radius 3 is 2.17 bits per heavy atom. The Morgan fingerprint density at radius 1 is 0.847 bits per heavy atom. The number of esters is 1. The SMILES string of the molecule is CC[C@H](C)[C@@]1([C@@H](CC(=O)N2CCC[C@H]2[C@H](OC)[C@@H](C)C(=O)N[C@@H](Cc2ccccc2)C(=O)OCc2cccc3ccccc23)OC)C[C@@H]1CC(C)C(=O)[C@@H](NC(=O)[C@H](C(C)C)N(C)CCCC(=O)O)C(C)C. The standard InChI is InChI=1S/C58H84N4O10/c1-12-39(7)58(34-44(58)31-38(6)53(66)51(36(2)3)60-56(68)52(37(4)5)61(9)29-20-28-50(64)65)48(70-10)33-49(63)62-30-19-27-47(62)54(71-11)40(8)55(67)59-46(32-41-21-14-13-15-22-41)57(69)72-35-43-25-18-24-42-23-16-17-26-45(42)43/h13-18,21-26,36-40,44,46-48,51-52,54H,12,19-20,27-35H2,1-11H3,(H,59,67)(H,60,68)(H,64,65)/t38?,39-,40+,44-,46-,47-,48+,51-,52-,54+,58-/m0/s1. The zero-order chi connectivity index (χ0) is 52.9. The number of fused-ring (bicyclic) bond motifs is 1. The molecule has 1 saturated heterocycles.